The van der Waals surface area contributed by atoms with Gasteiger partial charge in [0.25, 0.3) is 0 Å². The molecule has 0 bridgehead atoms. The maximum Gasteiger partial charge on any atom is 0.338 e. The van der Waals surface area contributed by atoms with Crippen LogP contribution in [0.2, 0.25) is 0 Å². The maximum absolute atomic E-state index is 11.1. The van der Waals surface area contributed by atoms with E-state index in [1.54, 1.807) is 6.92 Å². The molecule has 1 aromatic rings. The van der Waals surface area contributed by atoms with E-state index in [1.165, 1.54) is 18.3 Å². The van der Waals surface area contributed by atoms with Crippen LogP contribution in [0, 0.1) is 0 Å². The highest BCUT2D eigenvalue weighted by Crippen LogP contribution is 2.01. The van der Waals surface area contributed by atoms with Gasteiger partial charge >= 0.3 is 5.97 Å². The van der Waals surface area contributed by atoms with Crippen LogP contribution < -0.4 is 0 Å². The monoisotopic (exact) mass is 195 g/mol. The van der Waals surface area contributed by atoms with E-state index < -0.39 is 5.97 Å². The number of nitrogens with zero attached hydrogens (tertiary/aromatic N) is 1. The molecule has 0 amide bonds. The third kappa shape index (κ3) is 2.97. The lowest BCUT2D eigenvalue weighted by atomic mass is 10.2. The van der Waals surface area contributed by atoms with E-state index in [9.17, 15) is 9.59 Å². The SMILES string of the molecule is C.CCOC(=O)c1ccnc(C=O)c1. The summed E-state index contributed by atoms with van der Waals surface area (Å²) >= 11 is 0. The lowest BCUT2D eigenvalue weighted by Gasteiger charge is -2.00. The number of hydrogen-bond acceptors (Lipinski definition) is 4. The zero-order valence-corrected chi connectivity index (χ0v) is 7.19. The summed E-state index contributed by atoms with van der Waals surface area (Å²) in [7, 11) is 0. The van der Waals surface area contributed by atoms with Gasteiger partial charge in [-0.15, -0.1) is 0 Å². The minimum absolute atomic E-state index is 0. The quantitative estimate of drug-likeness (QED) is 0.544. The highest BCUT2D eigenvalue weighted by molar-refractivity contribution is 5.90. The van der Waals surface area contributed by atoms with Gasteiger partial charge in [0.15, 0.2) is 6.29 Å². The van der Waals surface area contributed by atoms with Crippen LogP contribution in [-0.2, 0) is 4.74 Å². The van der Waals surface area contributed by atoms with Crippen LogP contribution >= 0.6 is 0 Å². The van der Waals surface area contributed by atoms with Crippen molar-refractivity contribution in [2.75, 3.05) is 6.61 Å². The fourth-order valence-electron chi connectivity index (χ4n) is 0.854. The average molecular weight is 195 g/mol. The van der Waals surface area contributed by atoms with Gasteiger partial charge in [0, 0.05) is 6.20 Å². The molecule has 0 unspecified atom stereocenters. The summed E-state index contributed by atoms with van der Waals surface area (Å²) in [4.78, 5) is 25.2. The van der Waals surface area contributed by atoms with Gasteiger partial charge in [0.1, 0.15) is 5.69 Å². The smallest absolute Gasteiger partial charge is 0.338 e. The van der Waals surface area contributed by atoms with E-state index in [-0.39, 0.29) is 13.1 Å². The average Bonchev–Trinajstić information content (AvgIpc) is 2.18. The van der Waals surface area contributed by atoms with Crippen molar-refractivity contribution in [1.82, 2.24) is 4.98 Å². The Labute approximate surface area is 82.9 Å². The Bertz CT molecular complexity index is 323. The number of carbonyl (C=O) groups is 2. The third-order valence-electron chi connectivity index (χ3n) is 1.41. The van der Waals surface area contributed by atoms with Crippen molar-refractivity contribution in [3.05, 3.63) is 29.6 Å². The first-order valence-corrected chi connectivity index (χ1v) is 3.86. The molecule has 0 aliphatic heterocycles. The van der Waals surface area contributed by atoms with Crippen LogP contribution in [0.5, 0.6) is 0 Å². The molecule has 0 fully saturated rings. The van der Waals surface area contributed by atoms with Crippen molar-refractivity contribution in [3.8, 4) is 0 Å². The van der Waals surface area contributed by atoms with Crippen LogP contribution in [0.15, 0.2) is 18.3 Å². The first kappa shape index (κ1) is 12.3. The van der Waals surface area contributed by atoms with Crippen LogP contribution in [0.25, 0.3) is 0 Å². The molecule has 0 atom stereocenters. The van der Waals surface area contributed by atoms with E-state index >= 15 is 0 Å². The van der Waals surface area contributed by atoms with Crippen LogP contribution in [-0.4, -0.2) is 23.8 Å². The number of rotatable bonds is 3. The lowest BCUT2D eigenvalue weighted by molar-refractivity contribution is 0.0526. The Morgan fingerprint density at radius 1 is 1.64 bits per heavy atom. The van der Waals surface area contributed by atoms with Gasteiger partial charge in [0.05, 0.1) is 12.2 Å². The molecule has 0 spiro atoms. The number of esters is 1. The third-order valence-corrected chi connectivity index (χ3v) is 1.41. The molecule has 0 N–H and O–H groups in total. The minimum atomic E-state index is -0.437. The summed E-state index contributed by atoms with van der Waals surface area (Å²) in [5.41, 5.74) is 0.574. The Morgan fingerprint density at radius 3 is 2.93 bits per heavy atom. The van der Waals surface area contributed by atoms with E-state index in [0.717, 1.165) is 0 Å². The Morgan fingerprint density at radius 2 is 2.36 bits per heavy atom. The Hall–Kier alpha value is -1.71. The number of hydrogen-bond donors (Lipinski definition) is 0. The van der Waals surface area contributed by atoms with E-state index in [2.05, 4.69) is 4.98 Å². The largest absolute Gasteiger partial charge is 0.462 e. The fraction of sp³-hybridized carbons (Fsp3) is 0.300. The van der Waals surface area contributed by atoms with Crippen molar-refractivity contribution in [3.63, 3.8) is 0 Å². The summed E-state index contributed by atoms with van der Waals surface area (Å²) in [5.74, 6) is -0.437. The zero-order chi connectivity index (χ0) is 9.68. The molecule has 1 heterocycles. The van der Waals surface area contributed by atoms with Crippen LogP contribution in [0.4, 0.5) is 0 Å². The molecule has 4 heteroatoms. The van der Waals surface area contributed by atoms with E-state index in [0.29, 0.717) is 18.5 Å². The number of aldehydes is 1. The van der Waals surface area contributed by atoms with Gasteiger partial charge in [-0.1, -0.05) is 7.43 Å². The molecule has 1 rings (SSSR count). The van der Waals surface area contributed by atoms with Gasteiger partial charge in [-0.3, -0.25) is 9.78 Å². The van der Waals surface area contributed by atoms with Gasteiger partial charge in [0.2, 0.25) is 0 Å². The molecule has 76 valence electrons. The second-order valence-corrected chi connectivity index (χ2v) is 2.31. The van der Waals surface area contributed by atoms with Crippen molar-refractivity contribution in [2.45, 2.75) is 14.4 Å². The molecule has 14 heavy (non-hydrogen) atoms. The number of carbonyl (C=O) groups excluding carboxylic acids is 2. The zero-order valence-electron chi connectivity index (χ0n) is 7.19. The fourth-order valence-corrected chi connectivity index (χ4v) is 0.854. The van der Waals surface area contributed by atoms with E-state index in [4.69, 9.17) is 4.74 Å². The van der Waals surface area contributed by atoms with Crippen LogP contribution in [0.3, 0.4) is 0 Å². The molecule has 0 aromatic carbocycles. The van der Waals surface area contributed by atoms with Crippen molar-refractivity contribution < 1.29 is 14.3 Å². The second-order valence-electron chi connectivity index (χ2n) is 2.31. The number of pyridine rings is 1. The van der Waals surface area contributed by atoms with Crippen molar-refractivity contribution in [1.29, 1.82) is 0 Å². The molecular weight excluding hydrogens is 182 g/mol. The van der Waals surface area contributed by atoms with Crippen molar-refractivity contribution >= 4 is 12.3 Å². The highest BCUT2D eigenvalue weighted by Gasteiger charge is 2.06. The van der Waals surface area contributed by atoms with E-state index in [1.807, 2.05) is 0 Å². The summed E-state index contributed by atoms with van der Waals surface area (Å²) in [5, 5.41) is 0. The molecule has 0 saturated heterocycles. The van der Waals surface area contributed by atoms with Gasteiger partial charge in [-0.05, 0) is 19.1 Å². The molecule has 0 radical (unpaired) electrons. The molecule has 0 aliphatic rings. The van der Waals surface area contributed by atoms with Crippen LogP contribution in [0.1, 0.15) is 35.2 Å². The predicted molar refractivity (Wildman–Crippen MR) is 52.3 cm³/mol. The highest BCUT2D eigenvalue weighted by atomic mass is 16.5. The summed E-state index contributed by atoms with van der Waals surface area (Å²) in [6.07, 6.45) is 1.98. The maximum atomic E-state index is 11.1. The Balaban J connectivity index is 0.00000169. The first-order valence-electron chi connectivity index (χ1n) is 3.86. The second kappa shape index (κ2) is 5.85. The van der Waals surface area contributed by atoms with Crippen molar-refractivity contribution in [2.24, 2.45) is 0 Å². The standard InChI is InChI=1S/C9H9NO3.CH4/c1-2-13-9(12)7-3-4-10-8(5-7)6-11;/h3-6H,2H2,1H3;1H4. The Kier molecular flexibility index (Phi) is 5.14. The van der Waals surface area contributed by atoms with Gasteiger partial charge < -0.3 is 4.74 Å². The lowest BCUT2D eigenvalue weighted by Crippen LogP contribution is -2.05. The number of ether oxygens (including phenoxy) is 1. The molecule has 0 saturated carbocycles. The molecule has 0 aliphatic carbocycles. The number of aromatic nitrogens is 1. The van der Waals surface area contributed by atoms with Gasteiger partial charge in [-0.25, -0.2) is 4.79 Å². The summed E-state index contributed by atoms with van der Waals surface area (Å²) in [6.45, 7) is 2.04. The summed E-state index contributed by atoms with van der Waals surface area (Å²) < 4.78 is 4.74. The first-order chi connectivity index (χ1) is 6.27. The predicted octanol–water partition coefficient (Wildman–Crippen LogP) is 1.71. The van der Waals surface area contributed by atoms with Gasteiger partial charge in [-0.2, -0.15) is 0 Å². The topological polar surface area (TPSA) is 56.3 Å². The molecule has 1 aromatic heterocycles. The summed E-state index contributed by atoms with van der Waals surface area (Å²) in [6, 6.07) is 2.90. The molecule has 4 nitrogen and oxygen atoms in total. The molecular formula is C10H13NO3. The normalized spacial score (nSPS) is 8.64. The minimum Gasteiger partial charge on any atom is -0.462 e.